The monoisotopic (exact) mass is 317 g/mol. The van der Waals surface area contributed by atoms with E-state index in [-0.39, 0.29) is 5.91 Å². The van der Waals surface area contributed by atoms with E-state index in [1.54, 1.807) is 14.0 Å². The van der Waals surface area contributed by atoms with E-state index < -0.39 is 0 Å². The van der Waals surface area contributed by atoms with Gasteiger partial charge in [0.25, 0.3) is 5.91 Å². The molecular formula is C15H15N3O3S. The van der Waals surface area contributed by atoms with Gasteiger partial charge < -0.3 is 9.26 Å². The average Bonchev–Trinajstić information content (AvgIpc) is 3.08. The number of methoxy groups -OCH3 is 1. The summed E-state index contributed by atoms with van der Waals surface area (Å²) in [5, 5.41) is 7.20. The SMILES string of the molecule is CCc1onc(C)c1C(=O)Nc1nc2ccc(OC)cc2s1. The number of anilines is 1. The van der Waals surface area contributed by atoms with Crippen molar-refractivity contribution in [2.45, 2.75) is 20.3 Å². The molecule has 0 atom stereocenters. The number of hydrogen-bond donors (Lipinski definition) is 1. The second-order valence-electron chi connectivity index (χ2n) is 4.73. The molecule has 1 aromatic carbocycles. The number of fused-ring (bicyclic) bond motifs is 1. The molecule has 2 aromatic heterocycles. The Bertz CT molecular complexity index is 838. The summed E-state index contributed by atoms with van der Waals surface area (Å²) in [6.07, 6.45) is 0.612. The maximum Gasteiger partial charge on any atom is 0.262 e. The highest BCUT2D eigenvalue weighted by Crippen LogP contribution is 2.29. The minimum atomic E-state index is -0.248. The van der Waals surface area contributed by atoms with Crippen LogP contribution in [0.1, 0.15) is 28.7 Å². The standard InChI is InChI=1S/C15H15N3O3S/c1-4-11-13(8(2)18-21-11)14(19)17-15-16-10-6-5-9(20-3)7-12(10)22-15/h5-7H,4H2,1-3H3,(H,16,17,19). The summed E-state index contributed by atoms with van der Waals surface area (Å²) in [5.74, 6) is 1.09. The molecule has 3 aromatic rings. The number of hydrogen-bond acceptors (Lipinski definition) is 6. The molecule has 1 amide bonds. The quantitative estimate of drug-likeness (QED) is 0.798. The molecule has 0 aliphatic carbocycles. The molecule has 0 saturated carbocycles. The molecule has 2 heterocycles. The molecule has 1 N–H and O–H groups in total. The minimum absolute atomic E-state index is 0.248. The number of ether oxygens (including phenoxy) is 1. The first-order chi connectivity index (χ1) is 10.6. The van der Waals surface area contributed by atoms with Crippen LogP contribution in [0.15, 0.2) is 22.7 Å². The van der Waals surface area contributed by atoms with Crippen molar-refractivity contribution in [3.63, 3.8) is 0 Å². The Kier molecular flexibility index (Phi) is 3.81. The fourth-order valence-electron chi connectivity index (χ4n) is 2.19. The summed E-state index contributed by atoms with van der Waals surface area (Å²) < 4.78 is 11.3. The Morgan fingerprint density at radius 1 is 1.45 bits per heavy atom. The van der Waals surface area contributed by atoms with Crippen LogP contribution in [0.25, 0.3) is 10.2 Å². The average molecular weight is 317 g/mol. The van der Waals surface area contributed by atoms with Crippen LogP contribution in [0.5, 0.6) is 5.75 Å². The van der Waals surface area contributed by atoms with E-state index in [1.165, 1.54) is 11.3 Å². The highest BCUT2D eigenvalue weighted by Gasteiger charge is 2.20. The van der Waals surface area contributed by atoms with Gasteiger partial charge in [-0.25, -0.2) is 4.98 Å². The van der Waals surface area contributed by atoms with Crippen molar-refractivity contribution in [2.24, 2.45) is 0 Å². The zero-order chi connectivity index (χ0) is 15.7. The van der Waals surface area contributed by atoms with Gasteiger partial charge in [0.2, 0.25) is 0 Å². The molecule has 0 aliphatic heterocycles. The van der Waals surface area contributed by atoms with E-state index in [1.807, 2.05) is 25.1 Å². The van der Waals surface area contributed by atoms with Gasteiger partial charge in [0.15, 0.2) is 5.13 Å². The highest BCUT2D eigenvalue weighted by atomic mass is 32.1. The molecule has 114 valence electrons. The zero-order valence-electron chi connectivity index (χ0n) is 12.5. The first-order valence-corrected chi connectivity index (χ1v) is 7.65. The number of benzene rings is 1. The van der Waals surface area contributed by atoms with E-state index in [4.69, 9.17) is 9.26 Å². The smallest absolute Gasteiger partial charge is 0.262 e. The lowest BCUT2D eigenvalue weighted by Gasteiger charge is -2.00. The van der Waals surface area contributed by atoms with Gasteiger partial charge in [-0.2, -0.15) is 0 Å². The minimum Gasteiger partial charge on any atom is -0.497 e. The lowest BCUT2D eigenvalue weighted by Crippen LogP contribution is -2.14. The van der Waals surface area contributed by atoms with E-state index in [0.717, 1.165) is 16.0 Å². The maximum atomic E-state index is 12.4. The fourth-order valence-corrected chi connectivity index (χ4v) is 3.08. The molecule has 0 saturated heterocycles. The molecule has 22 heavy (non-hydrogen) atoms. The predicted molar refractivity (Wildman–Crippen MR) is 84.7 cm³/mol. The van der Waals surface area contributed by atoms with Crippen LogP contribution in [0.4, 0.5) is 5.13 Å². The van der Waals surface area contributed by atoms with Gasteiger partial charge in [-0.3, -0.25) is 10.1 Å². The number of amides is 1. The normalized spacial score (nSPS) is 10.9. The summed E-state index contributed by atoms with van der Waals surface area (Å²) in [6.45, 7) is 3.67. The van der Waals surface area contributed by atoms with Crippen LogP contribution in [0.2, 0.25) is 0 Å². The Hall–Kier alpha value is -2.41. The lowest BCUT2D eigenvalue weighted by molar-refractivity contribution is 0.102. The van der Waals surface area contributed by atoms with Gasteiger partial charge in [0.05, 0.1) is 23.0 Å². The summed E-state index contributed by atoms with van der Waals surface area (Å²) in [7, 11) is 1.62. The second kappa shape index (κ2) is 5.76. The number of nitrogens with one attached hydrogen (secondary N) is 1. The van der Waals surface area contributed by atoms with Gasteiger partial charge in [-0.1, -0.05) is 23.4 Å². The van der Waals surface area contributed by atoms with Crippen LogP contribution in [0, 0.1) is 6.92 Å². The van der Waals surface area contributed by atoms with E-state index in [0.29, 0.717) is 28.6 Å². The van der Waals surface area contributed by atoms with Crippen molar-refractivity contribution in [1.82, 2.24) is 10.1 Å². The van der Waals surface area contributed by atoms with E-state index >= 15 is 0 Å². The van der Waals surface area contributed by atoms with E-state index in [2.05, 4.69) is 15.5 Å². The fraction of sp³-hybridized carbons (Fsp3) is 0.267. The third-order valence-corrected chi connectivity index (χ3v) is 4.23. The highest BCUT2D eigenvalue weighted by molar-refractivity contribution is 7.22. The second-order valence-corrected chi connectivity index (χ2v) is 5.76. The molecule has 0 unspecified atom stereocenters. The van der Waals surface area contributed by atoms with Gasteiger partial charge in [0.1, 0.15) is 17.1 Å². The lowest BCUT2D eigenvalue weighted by atomic mass is 10.1. The Morgan fingerprint density at radius 3 is 3.00 bits per heavy atom. The van der Waals surface area contributed by atoms with Crippen LogP contribution in [-0.2, 0) is 6.42 Å². The predicted octanol–water partition coefficient (Wildman–Crippen LogP) is 3.42. The maximum absolute atomic E-state index is 12.4. The molecule has 0 spiro atoms. The number of carbonyl (C=O) groups excluding carboxylic acids is 1. The third kappa shape index (κ3) is 2.55. The van der Waals surface area contributed by atoms with Gasteiger partial charge >= 0.3 is 0 Å². The van der Waals surface area contributed by atoms with Crippen molar-refractivity contribution in [2.75, 3.05) is 12.4 Å². The molecular weight excluding hydrogens is 302 g/mol. The summed E-state index contributed by atoms with van der Waals surface area (Å²) in [6, 6.07) is 5.60. The van der Waals surface area contributed by atoms with Crippen molar-refractivity contribution < 1.29 is 14.1 Å². The van der Waals surface area contributed by atoms with Crippen LogP contribution in [0.3, 0.4) is 0 Å². The number of nitrogens with zero attached hydrogens (tertiary/aromatic N) is 2. The molecule has 0 radical (unpaired) electrons. The van der Waals surface area contributed by atoms with Crippen molar-refractivity contribution in [1.29, 1.82) is 0 Å². The Labute approximate surface area is 131 Å². The topological polar surface area (TPSA) is 77.3 Å². The number of aryl methyl sites for hydroxylation is 2. The molecule has 6 nitrogen and oxygen atoms in total. The summed E-state index contributed by atoms with van der Waals surface area (Å²) in [4.78, 5) is 16.8. The largest absolute Gasteiger partial charge is 0.497 e. The van der Waals surface area contributed by atoms with Crippen molar-refractivity contribution in [3.05, 3.63) is 35.2 Å². The first-order valence-electron chi connectivity index (χ1n) is 6.83. The summed E-state index contributed by atoms with van der Waals surface area (Å²) >= 11 is 1.40. The molecule has 0 aliphatic rings. The number of rotatable bonds is 4. The van der Waals surface area contributed by atoms with Crippen LogP contribution in [-0.4, -0.2) is 23.2 Å². The number of aromatic nitrogens is 2. The zero-order valence-corrected chi connectivity index (χ0v) is 13.3. The van der Waals surface area contributed by atoms with Gasteiger partial charge in [-0.05, 0) is 25.1 Å². The number of thiazole rings is 1. The Morgan fingerprint density at radius 2 is 2.27 bits per heavy atom. The molecule has 0 bridgehead atoms. The van der Waals surface area contributed by atoms with Crippen LogP contribution < -0.4 is 10.1 Å². The Balaban J connectivity index is 1.89. The number of carbonyl (C=O) groups is 1. The van der Waals surface area contributed by atoms with Crippen LogP contribution >= 0.6 is 11.3 Å². The van der Waals surface area contributed by atoms with E-state index in [9.17, 15) is 4.79 Å². The molecule has 7 heteroatoms. The van der Waals surface area contributed by atoms with Gasteiger partial charge in [-0.15, -0.1) is 0 Å². The molecule has 3 rings (SSSR count). The van der Waals surface area contributed by atoms with Crippen molar-refractivity contribution >= 4 is 32.6 Å². The summed E-state index contributed by atoms with van der Waals surface area (Å²) in [5.41, 5.74) is 1.88. The van der Waals surface area contributed by atoms with Crippen molar-refractivity contribution in [3.8, 4) is 5.75 Å². The molecule has 0 fully saturated rings. The van der Waals surface area contributed by atoms with Gasteiger partial charge in [0, 0.05) is 6.42 Å². The first kappa shape index (κ1) is 14.5. The third-order valence-electron chi connectivity index (χ3n) is 3.30.